The fourth-order valence-corrected chi connectivity index (χ4v) is 2.09. The van der Waals surface area contributed by atoms with Crippen molar-refractivity contribution in [2.24, 2.45) is 0 Å². The fourth-order valence-electron chi connectivity index (χ4n) is 1.39. The maximum absolute atomic E-state index is 12.9. The second kappa shape index (κ2) is 5.88. The van der Waals surface area contributed by atoms with Gasteiger partial charge in [-0.2, -0.15) is 0 Å². The van der Waals surface area contributed by atoms with Gasteiger partial charge in [0.05, 0.1) is 5.69 Å². The second-order valence-electron chi connectivity index (χ2n) is 3.63. The van der Waals surface area contributed by atoms with Crippen molar-refractivity contribution >= 4 is 11.3 Å². The number of nitrogens with zero attached hydrogens (tertiary/aromatic N) is 1. The van der Waals surface area contributed by atoms with Crippen molar-refractivity contribution in [2.45, 2.75) is 13.2 Å². The van der Waals surface area contributed by atoms with Crippen molar-refractivity contribution in [1.82, 2.24) is 10.3 Å². The van der Waals surface area contributed by atoms with Crippen LogP contribution in [0, 0.1) is 11.6 Å². The average Bonchev–Trinajstić information content (AvgIpc) is 2.79. The van der Waals surface area contributed by atoms with Gasteiger partial charge in [-0.3, -0.25) is 0 Å². The van der Waals surface area contributed by atoms with Crippen molar-refractivity contribution < 1.29 is 13.5 Å². The van der Waals surface area contributed by atoms with E-state index in [0.29, 0.717) is 12.3 Å². The van der Waals surface area contributed by atoms with Crippen molar-refractivity contribution in [3.8, 4) is 5.75 Å². The molecule has 0 aliphatic heterocycles. The molecule has 0 aliphatic carbocycles. The summed E-state index contributed by atoms with van der Waals surface area (Å²) < 4.78 is 31.0. The van der Waals surface area contributed by atoms with Gasteiger partial charge < -0.3 is 10.1 Å². The lowest BCUT2D eigenvalue weighted by molar-refractivity contribution is 0.302. The Morgan fingerprint density at radius 1 is 1.33 bits per heavy atom. The molecule has 3 nitrogen and oxygen atoms in total. The second-order valence-corrected chi connectivity index (χ2v) is 4.57. The van der Waals surface area contributed by atoms with Crippen molar-refractivity contribution in [3.63, 3.8) is 0 Å². The van der Waals surface area contributed by atoms with Crippen LogP contribution in [0.1, 0.15) is 10.7 Å². The molecule has 0 radical (unpaired) electrons. The lowest BCUT2D eigenvalue weighted by Gasteiger charge is -2.04. The van der Waals surface area contributed by atoms with E-state index >= 15 is 0 Å². The zero-order valence-electron chi connectivity index (χ0n) is 9.74. The third-order valence-electron chi connectivity index (χ3n) is 2.21. The minimum absolute atomic E-state index is 0.249. The Kier molecular flexibility index (Phi) is 4.22. The molecular formula is C12H12F2N2OS. The van der Waals surface area contributed by atoms with E-state index in [1.807, 2.05) is 12.4 Å². The lowest BCUT2D eigenvalue weighted by atomic mass is 10.3. The average molecular weight is 270 g/mol. The maximum Gasteiger partial charge on any atom is 0.162 e. The van der Waals surface area contributed by atoms with E-state index < -0.39 is 11.6 Å². The molecule has 2 aromatic rings. The highest BCUT2D eigenvalue weighted by Crippen LogP contribution is 2.18. The van der Waals surface area contributed by atoms with E-state index in [0.717, 1.165) is 22.8 Å². The Morgan fingerprint density at radius 2 is 2.17 bits per heavy atom. The number of hydrogen-bond acceptors (Lipinski definition) is 4. The highest BCUT2D eigenvalue weighted by molar-refractivity contribution is 7.09. The molecule has 1 N–H and O–H groups in total. The molecule has 1 aromatic carbocycles. The van der Waals surface area contributed by atoms with E-state index in [1.165, 1.54) is 17.4 Å². The van der Waals surface area contributed by atoms with Crippen LogP contribution in [0.25, 0.3) is 0 Å². The third-order valence-corrected chi connectivity index (χ3v) is 3.08. The van der Waals surface area contributed by atoms with Crippen LogP contribution in [0.2, 0.25) is 0 Å². The van der Waals surface area contributed by atoms with Gasteiger partial charge in [0, 0.05) is 18.0 Å². The van der Waals surface area contributed by atoms with Crippen LogP contribution < -0.4 is 10.1 Å². The lowest BCUT2D eigenvalue weighted by Crippen LogP contribution is -2.05. The van der Waals surface area contributed by atoms with Gasteiger partial charge >= 0.3 is 0 Å². The normalized spacial score (nSPS) is 10.6. The van der Waals surface area contributed by atoms with Gasteiger partial charge in [0.25, 0.3) is 0 Å². The first-order valence-corrected chi connectivity index (χ1v) is 6.22. The quantitative estimate of drug-likeness (QED) is 0.907. The molecule has 1 heterocycles. The van der Waals surface area contributed by atoms with Gasteiger partial charge in [0.2, 0.25) is 0 Å². The Morgan fingerprint density at radius 3 is 2.89 bits per heavy atom. The molecule has 0 bridgehead atoms. The highest BCUT2D eigenvalue weighted by atomic mass is 32.1. The summed E-state index contributed by atoms with van der Waals surface area (Å²) in [7, 11) is 1.84. The molecule has 0 spiro atoms. The fraction of sp³-hybridized carbons (Fsp3) is 0.250. The SMILES string of the molecule is CNCc1csc(COc2ccc(F)c(F)c2)n1. The zero-order valence-corrected chi connectivity index (χ0v) is 10.6. The molecule has 0 unspecified atom stereocenters. The van der Waals surface area contributed by atoms with Gasteiger partial charge in [-0.1, -0.05) is 0 Å². The number of hydrogen-bond donors (Lipinski definition) is 1. The van der Waals surface area contributed by atoms with Gasteiger partial charge in [-0.25, -0.2) is 13.8 Å². The van der Waals surface area contributed by atoms with Gasteiger partial charge in [0.15, 0.2) is 11.6 Å². The first kappa shape index (κ1) is 12.9. The summed E-state index contributed by atoms with van der Waals surface area (Å²) in [5.74, 6) is -1.50. The molecule has 96 valence electrons. The number of benzene rings is 1. The van der Waals surface area contributed by atoms with Crippen molar-refractivity contribution in [3.05, 3.63) is 45.9 Å². The van der Waals surface area contributed by atoms with Crippen LogP contribution in [0.3, 0.4) is 0 Å². The molecule has 18 heavy (non-hydrogen) atoms. The van der Waals surface area contributed by atoms with E-state index in [1.54, 1.807) is 0 Å². The van der Waals surface area contributed by atoms with Gasteiger partial charge in [-0.05, 0) is 19.2 Å². The summed E-state index contributed by atoms with van der Waals surface area (Å²) in [5.41, 5.74) is 0.936. The molecule has 0 saturated carbocycles. The topological polar surface area (TPSA) is 34.1 Å². The Hall–Kier alpha value is -1.53. The Bertz CT molecular complexity index is 531. The van der Waals surface area contributed by atoms with E-state index in [-0.39, 0.29) is 6.61 Å². The van der Waals surface area contributed by atoms with Crippen LogP contribution in [0.5, 0.6) is 5.75 Å². The number of aromatic nitrogens is 1. The number of rotatable bonds is 5. The first-order chi connectivity index (χ1) is 8.69. The summed E-state index contributed by atoms with van der Waals surface area (Å²) >= 11 is 1.47. The summed E-state index contributed by atoms with van der Waals surface area (Å²) in [4.78, 5) is 4.32. The summed E-state index contributed by atoms with van der Waals surface area (Å²) in [6, 6.07) is 3.46. The third kappa shape index (κ3) is 3.24. The number of halogens is 2. The minimum Gasteiger partial charge on any atom is -0.486 e. The highest BCUT2D eigenvalue weighted by Gasteiger charge is 2.05. The van der Waals surface area contributed by atoms with E-state index in [2.05, 4.69) is 10.3 Å². The molecule has 2 rings (SSSR count). The Balaban J connectivity index is 1.95. The number of nitrogens with one attached hydrogen (secondary N) is 1. The molecule has 0 atom stereocenters. The van der Waals surface area contributed by atoms with Crippen LogP contribution >= 0.6 is 11.3 Å². The molecule has 0 fully saturated rings. The summed E-state index contributed by atoms with van der Waals surface area (Å²) in [6.45, 7) is 0.946. The first-order valence-electron chi connectivity index (χ1n) is 5.35. The summed E-state index contributed by atoms with van der Waals surface area (Å²) in [6.07, 6.45) is 0. The van der Waals surface area contributed by atoms with E-state index in [4.69, 9.17) is 4.74 Å². The maximum atomic E-state index is 12.9. The van der Waals surface area contributed by atoms with Crippen LogP contribution in [-0.4, -0.2) is 12.0 Å². The minimum atomic E-state index is -0.914. The van der Waals surface area contributed by atoms with Crippen LogP contribution in [0.4, 0.5) is 8.78 Å². The van der Waals surface area contributed by atoms with Crippen molar-refractivity contribution in [2.75, 3.05) is 7.05 Å². The monoisotopic (exact) mass is 270 g/mol. The largest absolute Gasteiger partial charge is 0.486 e. The predicted molar refractivity (Wildman–Crippen MR) is 65.6 cm³/mol. The van der Waals surface area contributed by atoms with Gasteiger partial charge in [0.1, 0.15) is 17.4 Å². The number of ether oxygens (including phenoxy) is 1. The standard InChI is InChI=1S/C12H12F2N2OS/c1-15-5-8-7-18-12(16-8)6-17-9-2-3-10(13)11(14)4-9/h2-4,7,15H,5-6H2,1H3. The molecule has 0 aliphatic rings. The summed E-state index contributed by atoms with van der Waals surface area (Å²) in [5, 5.41) is 5.72. The Labute approximate surface area is 107 Å². The zero-order chi connectivity index (χ0) is 13.0. The van der Waals surface area contributed by atoms with E-state index in [9.17, 15) is 8.78 Å². The molecule has 6 heteroatoms. The molecule has 0 saturated heterocycles. The molecule has 0 amide bonds. The van der Waals surface area contributed by atoms with Crippen molar-refractivity contribution in [1.29, 1.82) is 0 Å². The molecular weight excluding hydrogens is 258 g/mol. The smallest absolute Gasteiger partial charge is 0.162 e. The predicted octanol–water partition coefficient (Wildman–Crippen LogP) is 2.72. The molecule has 1 aromatic heterocycles. The van der Waals surface area contributed by atoms with Gasteiger partial charge in [-0.15, -0.1) is 11.3 Å². The van der Waals surface area contributed by atoms with Crippen LogP contribution in [0.15, 0.2) is 23.6 Å². The number of thiazole rings is 1. The van der Waals surface area contributed by atoms with Crippen LogP contribution in [-0.2, 0) is 13.2 Å².